The third-order valence-electron chi connectivity index (χ3n) is 2.90. The summed E-state index contributed by atoms with van der Waals surface area (Å²) in [6, 6.07) is 3.20. The van der Waals surface area contributed by atoms with Crippen molar-refractivity contribution in [3.8, 4) is 0 Å². The van der Waals surface area contributed by atoms with Crippen LogP contribution in [0.15, 0.2) is 23.1 Å². The highest BCUT2D eigenvalue weighted by atomic mass is 32.2. The topological polar surface area (TPSA) is 34.1 Å². The molecule has 0 saturated heterocycles. The molecular weight excluding hydrogens is 265 g/mol. The molecule has 1 unspecified atom stereocenters. The fourth-order valence-electron chi connectivity index (χ4n) is 1.66. The van der Waals surface area contributed by atoms with E-state index in [2.05, 4.69) is 0 Å². The minimum absolute atomic E-state index is 0.136. The van der Waals surface area contributed by atoms with Gasteiger partial charge in [0.1, 0.15) is 0 Å². The Kier molecular flexibility index (Phi) is 4.10. The Bertz CT molecular complexity index is 533. The number of benzene rings is 1. The lowest BCUT2D eigenvalue weighted by Gasteiger charge is -2.18. The predicted molar refractivity (Wildman–Crippen MR) is 63.3 cm³/mol. The summed E-state index contributed by atoms with van der Waals surface area (Å²) in [6.45, 7) is 3.47. The van der Waals surface area contributed by atoms with Crippen molar-refractivity contribution in [3.05, 3.63) is 29.3 Å². The van der Waals surface area contributed by atoms with Gasteiger partial charge >= 0.3 is 6.18 Å². The second-order valence-electron chi connectivity index (χ2n) is 4.33. The molecule has 1 atom stereocenters. The molecule has 1 aromatic rings. The van der Waals surface area contributed by atoms with Gasteiger partial charge in [0, 0.05) is 6.26 Å². The largest absolute Gasteiger partial charge is 0.416 e. The number of rotatable bonds is 3. The Balaban J connectivity index is 3.49. The maximum absolute atomic E-state index is 12.9. The van der Waals surface area contributed by atoms with E-state index in [-0.39, 0.29) is 16.4 Å². The highest BCUT2D eigenvalue weighted by Crippen LogP contribution is 2.37. The van der Waals surface area contributed by atoms with E-state index in [0.29, 0.717) is 6.42 Å². The van der Waals surface area contributed by atoms with Crippen LogP contribution in [0.1, 0.15) is 37.3 Å². The number of alkyl halides is 3. The fraction of sp³-hybridized carbons (Fsp3) is 0.500. The lowest BCUT2D eigenvalue weighted by atomic mass is 9.93. The summed E-state index contributed by atoms with van der Waals surface area (Å²) in [4.78, 5) is -0.304. The van der Waals surface area contributed by atoms with E-state index in [4.69, 9.17) is 0 Å². The Morgan fingerprint density at radius 2 is 1.83 bits per heavy atom. The summed E-state index contributed by atoms with van der Waals surface area (Å²) in [5, 5.41) is 0. The smallest absolute Gasteiger partial charge is 0.224 e. The van der Waals surface area contributed by atoms with Crippen LogP contribution in [0.3, 0.4) is 0 Å². The SMILES string of the molecule is CCC(C)c1ccc(S(C)(=O)=O)cc1C(F)(F)F. The average Bonchev–Trinajstić information content (AvgIpc) is 2.24. The number of sulfone groups is 1. The number of hydrogen-bond donors (Lipinski definition) is 0. The van der Waals surface area contributed by atoms with Crippen molar-refractivity contribution in [3.63, 3.8) is 0 Å². The van der Waals surface area contributed by atoms with Gasteiger partial charge in [0.15, 0.2) is 9.84 Å². The zero-order valence-corrected chi connectivity index (χ0v) is 11.2. The molecule has 18 heavy (non-hydrogen) atoms. The van der Waals surface area contributed by atoms with Gasteiger partial charge in [0.05, 0.1) is 10.5 Å². The molecular formula is C12H15F3O2S. The number of halogens is 3. The standard InChI is InChI=1S/C12H15F3O2S/c1-4-8(2)10-6-5-9(18(3,16)17)7-11(10)12(13,14)15/h5-8H,4H2,1-3H3. The molecule has 2 nitrogen and oxygen atoms in total. The van der Waals surface area contributed by atoms with Crippen molar-refractivity contribution in [1.29, 1.82) is 0 Å². The lowest BCUT2D eigenvalue weighted by molar-refractivity contribution is -0.138. The first-order chi connectivity index (χ1) is 8.07. The Hall–Kier alpha value is -1.04. The van der Waals surface area contributed by atoms with Gasteiger partial charge in [-0.25, -0.2) is 8.42 Å². The molecule has 0 radical (unpaired) electrons. The lowest BCUT2D eigenvalue weighted by Crippen LogP contribution is -2.12. The van der Waals surface area contributed by atoms with E-state index in [9.17, 15) is 21.6 Å². The van der Waals surface area contributed by atoms with Crippen LogP contribution in [0.2, 0.25) is 0 Å². The summed E-state index contributed by atoms with van der Waals surface area (Å²) in [6.07, 6.45) is -3.09. The molecule has 0 aliphatic heterocycles. The molecule has 0 bridgehead atoms. The summed E-state index contributed by atoms with van der Waals surface area (Å²) in [5.74, 6) is -0.268. The van der Waals surface area contributed by atoms with Crippen LogP contribution < -0.4 is 0 Å². The molecule has 0 N–H and O–H groups in total. The Morgan fingerprint density at radius 3 is 2.22 bits per heavy atom. The van der Waals surface area contributed by atoms with Gasteiger partial charge in [-0.2, -0.15) is 13.2 Å². The third-order valence-corrected chi connectivity index (χ3v) is 4.01. The van der Waals surface area contributed by atoms with E-state index >= 15 is 0 Å². The van der Waals surface area contributed by atoms with E-state index in [1.165, 1.54) is 12.1 Å². The van der Waals surface area contributed by atoms with Crippen LogP contribution in [-0.4, -0.2) is 14.7 Å². The van der Waals surface area contributed by atoms with Gasteiger partial charge in [-0.1, -0.05) is 19.9 Å². The zero-order valence-electron chi connectivity index (χ0n) is 10.4. The molecule has 0 amide bonds. The monoisotopic (exact) mass is 280 g/mol. The van der Waals surface area contributed by atoms with Crippen molar-refractivity contribution < 1.29 is 21.6 Å². The van der Waals surface area contributed by atoms with Crippen molar-refractivity contribution >= 4 is 9.84 Å². The van der Waals surface area contributed by atoms with Gasteiger partial charge in [-0.3, -0.25) is 0 Å². The zero-order chi connectivity index (χ0) is 14.1. The molecule has 0 heterocycles. The molecule has 1 rings (SSSR count). The molecule has 0 spiro atoms. The maximum atomic E-state index is 12.9. The van der Waals surface area contributed by atoms with Crippen LogP contribution in [-0.2, 0) is 16.0 Å². The van der Waals surface area contributed by atoms with Gasteiger partial charge in [-0.15, -0.1) is 0 Å². The highest BCUT2D eigenvalue weighted by molar-refractivity contribution is 7.90. The van der Waals surface area contributed by atoms with E-state index in [1.54, 1.807) is 13.8 Å². The first-order valence-corrected chi connectivity index (χ1v) is 7.37. The molecule has 102 valence electrons. The van der Waals surface area contributed by atoms with Crippen LogP contribution in [0.5, 0.6) is 0 Å². The summed E-state index contributed by atoms with van der Waals surface area (Å²) in [5.41, 5.74) is -0.725. The second kappa shape index (κ2) is 4.91. The Labute approximate surface area is 105 Å². The van der Waals surface area contributed by atoms with Crippen molar-refractivity contribution in [2.45, 2.75) is 37.3 Å². The molecule has 0 saturated carbocycles. The first-order valence-electron chi connectivity index (χ1n) is 5.48. The first kappa shape index (κ1) is 15.0. The van der Waals surface area contributed by atoms with E-state index < -0.39 is 21.6 Å². The van der Waals surface area contributed by atoms with Gasteiger partial charge in [0.25, 0.3) is 0 Å². The summed E-state index contributed by atoms with van der Waals surface area (Å²) in [7, 11) is -3.63. The summed E-state index contributed by atoms with van der Waals surface area (Å²) < 4.78 is 61.3. The fourth-order valence-corrected chi connectivity index (χ4v) is 2.31. The second-order valence-corrected chi connectivity index (χ2v) is 6.34. The minimum atomic E-state index is -4.54. The maximum Gasteiger partial charge on any atom is 0.416 e. The van der Waals surface area contributed by atoms with Crippen molar-refractivity contribution in [1.82, 2.24) is 0 Å². The quantitative estimate of drug-likeness (QED) is 0.847. The van der Waals surface area contributed by atoms with Gasteiger partial charge in [-0.05, 0) is 30.0 Å². The molecule has 0 aliphatic rings. The van der Waals surface area contributed by atoms with Gasteiger partial charge in [0.2, 0.25) is 0 Å². The molecule has 0 aromatic heterocycles. The highest BCUT2D eigenvalue weighted by Gasteiger charge is 2.35. The van der Waals surface area contributed by atoms with E-state index in [1.807, 2.05) is 0 Å². The average molecular weight is 280 g/mol. The molecule has 0 aliphatic carbocycles. The molecule has 1 aromatic carbocycles. The predicted octanol–water partition coefficient (Wildman–Crippen LogP) is 3.62. The molecule has 6 heteroatoms. The van der Waals surface area contributed by atoms with Gasteiger partial charge < -0.3 is 0 Å². The summed E-state index contributed by atoms with van der Waals surface area (Å²) >= 11 is 0. The number of hydrogen-bond acceptors (Lipinski definition) is 2. The Morgan fingerprint density at radius 1 is 1.28 bits per heavy atom. The van der Waals surface area contributed by atoms with Crippen LogP contribution in [0.4, 0.5) is 13.2 Å². The van der Waals surface area contributed by atoms with Crippen molar-refractivity contribution in [2.24, 2.45) is 0 Å². The normalized spacial score (nSPS) is 14.6. The van der Waals surface area contributed by atoms with Crippen LogP contribution >= 0.6 is 0 Å². The molecule has 0 fully saturated rings. The third kappa shape index (κ3) is 3.25. The van der Waals surface area contributed by atoms with Crippen molar-refractivity contribution in [2.75, 3.05) is 6.26 Å². The van der Waals surface area contributed by atoms with Crippen LogP contribution in [0, 0.1) is 0 Å². The van der Waals surface area contributed by atoms with Crippen LogP contribution in [0.25, 0.3) is 0 Å². The van der Waals surface area contributed by atoms with E-state index in [0.717, 1.165) is 12.3 Å². The minimum Gasteiger partial charge on any atom is -0.224 e.